The van der Waals surface area contributed by atoms with Crippen molar-refractivity contribution in [2.24, 2.45) is 0 Å². The van der Waals surface area contributed by atoms with Gasteiger partial charge in [0.1, 0.15) is 11.2 Å². The van der Waals surface area contributed by atoms with Crippen LogP contribution in [0.4, 0.5) is 0 Å². The van der Waals surface area contributed by atoms with E-state index in [1.165, 1.54) is 0 Å². The van der Waals surface area contributed by atoms with Crippen molar-refractivity contribution < 1.29 is 4.79 Å². The Morgan fingerprint density at radius 1 is 1.35 bits per heavy atom. The second-order valence-electron chi connectivity index (χ2n) is 6.54. The Morgan fingerprint density at radius 3 is 2.73 bits per heavy atom. The van der Waals surface area contributed by atoms with Gasteiger partial charge in [-0.25, -0.2) is 4.98 Å². The minimum atomic E-state index is -0.228. The number of hydrogen-bond donors (Lipinski definition) is 1. The number of aromatic nitrogens is 1. The third kappa shape index (κ3) is 5.18. The van der Waals surface area contributed by atoms with Crippen LogP contribution in [0.15, 0.2) is 53.4 Å². The van der Waals surface area contributed by atoms with E-state index in [2.05, 4.69) is 42.4 Å². The monoisotopic (exact) mass is 370 g/mol. The summed E-state index contributed by atoms with van der Waals surface area (Å²) in [5.41, 5.74) is 5.38. The van der Waals surface area contributed by atoms with Crippen molar-refractivity contribution in [2.45, 2.75) is 53.0 Å². The van der Waals surface area contributed by atoms with Gasteiger partial charge in [0.15, 0.2) is 5.78 Å². The number of nitrogens with zero attached hydrogens (tertiary/aromatic N) is 1. The largest absolute Gasteiger partial charge is 0.378 e. The lowest BCUT2D eigenvalue weighted by molar-refractivity contribution is -0.119. The second kappa shape index (κ2) is 9.54. The van der Waals surface area contributed by atoms with Gasteiger partial charge in [-0.05, 0) is 61.1 Å². The molecule has 0 amide bonds. The highest BCUT2D eigenvalue weighted by Gasteiger charge is 2.19. The number of Topliss-reactive ketones (excluding diaryl/α,β-unsaturated/α-hetero) is 1. The summed E-state index contributed by atoms with van der Waals surface area (Å²) in [6.07, 6.45) is 14.6. The van der Waals surface area contributed by atoms with E-state index in [9.17, 15) is 4.79 Å². The van der Waals surface area contributed by atoms with Gasteiger partial charge in [0.25, 0.3) is 0 Å². The highest BCUT2D eigenvalue weighted by atomic mass is 35.5. The SMILES string of the molecule is CC/C=C/C(=C\c1cnc(Cl)cc1C)C1=CNC(C(=O)CCC)C=C1C. The van der Waals surface area contributed by atoms with Crippen molar-refractivity contribution in [1.82, 2.24) is 10.3 Å². The van der Waals surface area contributed by atoms with Gasteiger partial charge in [0, 0.05) is 24.4 Å². The van der Waals surface area contributed by atoms with Crippen LogP contribution in [-0.2, 0) is 4.79 Å². The van der Waals surface area contributed by atoms with Crippen molar-refractivity contribution in [1.29, 1.82) is 0 Å². The summed E-state index contributed by atoms with van der Waals surface area (Å²) in [4.78, 5) is 16.4. The molecule has 0 saturated heterocycles. The summed E-state index contributed by atoms with van der Waals surface area (Å²) < 4.78 is 0. The summed E-state index contributed by atoms with van der Waals surface area (Å²) in [6.45, 7) is 8.21. The normalized spacial score (nSPS) is 17.7. The zero-order valence-corrected chi connectivity index (χ0v) is 16.7. The van der Waals surface area contributed by atoms with E-state index in [-0.39, 0.29) is 11.8 Å². The number of allylic oxidation sites excluding steroid dienone is 5. The standard InChI is InChI=1S/C22H27ClN2O/c1-5-7-9-17(12-18-13-25-22(23)11-15(18)3)19-14-24-20(10-16(19)4)21(26)8-6-2/h7,9-14,20,24H,5-6,8H2,1-4H3/b9-7+,17-12+. The van der Waals surface area contributed by atoms with Crippen molar-refractivity contribution in [3.63, 3.8) is 0 Å². The number of aryl methyl sites for hydroxylation is 1. The van der Waals surface area contributed by atoms with Crippen molar-refractivity contribution in [2.75, 3.05) is 0 Å². The molecule has 1 atom stereocenters. The first kappa shape index (κ1) is 20.2. The zero-order chi connectivity index (χ0) is 19.1. The van der Waals surface area contributed by atoms with Gasteiger partial charge in [-0.15, -0.1) is 0 Å². The molecule has 138 valence electrons. The Morgan fingerprint density at radius 2 is 2.12 bits per heavy atom. The molecule has 26 heavy (non-hydrogen) atoms. The smallest absolute Gasteiger partial charge is 0.158 e. The first-order valence-electron chi connectivity index (χ1n) is 9.14. The molecular formula is C22H27ClN2O. The number of nitrogens with one attached hydrogen (secondary N) is 1. The Labute approximate surface area is 161 Å². The number of carbonyl (C=O) groups is 1. The van der Waals surface area contributed by atoms with Gasteiger partial charge in [-0.2, -0.15) is 0 Å². The summed E-state index contributed by atoms with van der Waals surface area (Å²) in [5.74, 6) is 0.231. The fourth-order valence-corrected chi connectivity index (χ4v) is 3.10. The number of hydrogen-bond acceptors (Lipinski definition) is 3. The van der Waals surface area contributed by atoms with E-state index < -0.39 is 0 Å². The van der Waals surface area contributed by atoms with Crippen LogP contribution in [0.5, 0.6) is 0 Å². The fraction of sp³-hybridized carbons (Fsp3) is 0.364. The first-order valence-corrected chi connectivity index (χ1v) is 9.52. The molecule has 1 aliphatic heterocycles. The summed E-state index contributed by atoms with van der Waals surface area (Å²) in [5, 5.41) is 3.75. The lowest BCUT2D eigenvalue weighted by Gasteiger charge is -2.22. The quantitative estimate of drug-likeness (QED) is 0.504. The molecule has 0 saturated carbocycles. The number of halogens is 1. The predicted molar refractivity (Wildman–Crippen MR) is 110 cm³/mol. The van der Waals surface area contributed by atoms with E-state index in [1.807, 2.05) is 32.2 Å². The van der Waals surface area contributed by atoms with Gasteiger partial charge in [-0.1, -0.05) is 43.7 Å². The molecule has 4 heteroatoms. The molecule has 1 aliphatic rings. The van der Waals surface area contributed by atoms with Crippen LogP contribution < -0.4 is 5.32 Å². The first-order chi connectivity index (χ1) is 12.5. The molecule has 0 aliphatic carbocycles. The average Bonchev–Trinajstić information content (AvgIpc) is 2.61. The molecule has 0 bridgehead atoms. The van der Waals surface area contributed by atoms with Crippen LogP contribution in [0.3, 0.4) is 0 Å². The van der Waals surface area contributed by atoms with Gasteiger partial charge >= 0.3 is 0 Å². The number of ketones is 1. The Hall–Kier alpha value is -2.13. The maximum Gasteiger partial charge on any atom is 0.158 e. The summed E-state index contributed by atoms with van der Waals surface area (Å²) in [6, 6.07) is 1.64. The van der Waals surface area contributed by atoms with Gasteiger partial charge in [0.2, 0.25) is 0 Å². The third-order valence-electron chi connectivity index (χ3n) is 4.37. The van der Waals surface area contributed by atoms with E-state index in [0.717, 1.165) is 40.7 Å². The van der Waals surface area contributed by atoms with Crippen LogP contribution in [0.25, 0.3) is 6.08 Å². The molecule has 1 unspecified atom stereocenters. The molecule has 1 N–H and O–H groups in total. The minimum absolute atomic E-state index is 0.228. The molecule has 2 rings (SSSR count). The van der Waals surface area contributed by atoms with E-state index in [1.54, 1.807) is 6.20 Å². The highest BCUT2D eigenvalue weighted by Crippen LogP contribution is 2.27. The van der Waals surface area contributed by atoms with E-state index >= 15 is 0 Å². The molecule has 1 aromatic heterocycles. The molecular weight excluding hydrogens is 344 g/mol. The predicted octanol–water partition coefficient (Wildman–Crippen LogP) is 5.56. The maximum absolute atomic E-state index is 12.2. The van der Waals surface area contributed by atoms with Crippen LogP contribution in [0.2, 0.25) is 5.15 Å². The molecule has 2 heterocycles. The summed E-state index contributed by atoms with van der Waals surface area (Å²) in [7, 11) is 0. The maximum atomic E-state index is 12.2. The molecule has 3 nitrogen and oxygen atoms in total. The average molecular weight is 371 g/mol. The lowest BCUT2D eigenvalue weighted by Crippen LogP contribution is -2.34. The highest BCUT2D eigenvalue weighted by molar-refractivity contribution is 6.29. The number of carbonyl (C=O) groups excluding carboxylic acids is 1. The van der Waals surface area contributed by atoms with Crippen molar-refractivity contribution in [3.8, 4) is 0 Å². The molecule has 0 aromatic carbocycles. The number of rotatable bonds is 7. The van der Waals surface area contributed by atoms with Crippen LogP contribution in [0, 0.1) is 6.92 Å². The van der Waals surface area contributed by atoms with Crippen LogP contribution >= 0.6 is 11.6 Å². The number of pyridine rings is 1. The molecule has 0 spiro atoms. The van der Waals surface area contributed by atoms with E-state index in [4.69, 9.17) is 11.6 Å². The lowest BCUT2D eigenvalue weighted by atomic mass is 9.91. The Balaban J connectivity index is 2.36. The minimum Gasteiger partial charge on any atom is -0.378 e. The van der Waals surface area contributed by atoms with Crippen molar-refractivity contribution >= 4 is 23.5 Å². The topological polar surface area (TPSA) is 42.0 Å². The van der Waals surface area contributed by atoms with Crippen LogP contribution in [0.1, 0.15) is 51.2 Å². The molecule has 1 aromatic rings. The fourth-order valence-electron chi connectivity index (χ4n) is 2.89. The van der Waals surface area contributed by atoms with Crippen LogP contribution in [-0.4, -0.2) is 16.8 Å². The molecule has 0 fully saturated rings. The number of dihydropyridines is 1. The second-order valence-corrected chi connectivity index (χ2v) is 6.93. The Bertz CT molecular complexity index is 787. The van der Waals surface area contributed by atoms with Gasteiger partial charge in [-0.3, -0.25) is 4.79 Å². The third-order valence-corrected chi connectivity index (χ3v) is 4.57. The van der Waals surface area contributed by atoms with Crippen molar-refractivity contribution in [3.05, 3.63) is 69.7 Å². The van der Waals surface area contributed by atoms with Gasteiger partial charge in [0.05, 0.1) is 0 Å². The molecule has 0 radical (unpaired) electrons. The Kier molecular flexibility index (Phi) is 7.40. The summed E-state index contributed by atoms with van der Waals surface area (Å²) >= 11 is 5.97. The van der Waals surface area contributed by atoms with Gasteiger partial charge < -0.3 is 5.32 Å². The van der Waals surface area contributed by atoms with E-state index in [0.29, 0.717) is 11.6 Å². The zero-order valence-electron chi connectivity index (χ0n) is 16.0.